The molecule has 0 spiro atoms. The highest BCUT2D eigenvalue weighted by molar-refractivity contribution is 7.99. The lowest BCUT2D eigenvalue weighted by Gasteiger charge is -2.11. The van der Waals surface area contributed by atoms with Crippen LogP contribution in [0.2, 0.25) is 0 Å². The molecule has 6 heteroatoms. The van der Waals surface area contributed by atoms with E-state index in [1.165, 1.54) is 22.9 Å². The van der Waals surface area contributed by atoms with Crippen LogP contribution in [0.4, 0.5) is 5.82 Å². The number of anilines is 1. The first-order valence-corrected chi connectivity index (χ1v) is 8.99. The van der Waals surface area contributed by atoms with E-state index >= 15 is 0 Å². The van der Waals surface area contributed by atoms with E-state index in [0.717, 1.165) is 16.5 Å². The third-order valence-corrected chi connectivity index (χ3v) is 4.69. The largest absolute Gasteiger partial charge is 0.310 e. The average Bonchev–Trinajstić information content (AvgIpc) is 3.03. The number of aromatic nitrogens is 3. The molecule has 0 aliphatic rings. The molecule has 0 fully saturated rings. The molecule has 128 valence electrons. The van der Waals surface area contributed by atoms with E-state index in [4.69, 9.17) is 0 Å². The summed E-state index contributed by atoms with van der Waals surface area (Å²) >= 11 is 1.41. The summed E-state index contributed by atoms with van der Waals surface area (Å²) in [6.45, 7) is 6.03. The Kier molecular flexibility index (Phi) is 5.19. The number of hydrogen-bond acceptors (Lipinski definition) is 4. The summed E-state index contributed by atoms with van der Waals surface area (Å²) in [6.07, 6.45) is 3.67. The molecule has 0 unspecified atom stereocenters. The zero-order chi connectivity index (χ0) is 17.8. The van der Waals surface area contributed by atoms with Crippen LogP contribution in [0, 0.1) is 20.8 Å². The van der Waals surface area contributed by atoms with Crippen molar-refractivity contribution in [2.45, 2.75) is 25.9 Å². The van der Waals surface area contributed by atoms with Crippen molar-refractivity contribution in [2.75, 3.05) is 11.1 Å². The minimum Gasteiger partial charge on any atom is -0.310 e. The van der Waals surface area contributed by atoms with Gasteiger partial charge in [-0.1, -0.05) is 30.0 Å². The number of imidazole rings is 1. The quantitative estimate of drug-likeness (QED) is 0.707. The van der Waals surface area contributed by atoms with E-state index in [2.05, 4.69) is 47.3 Å². The fourth-order valence-electron chi connectivity index (χ4n) is 2.48. The number of benzene rings is 1. The zero-order valence-corrected chi connectivity index (χ0v) is 15.3. The Morgan fingerprint density at radius 3 is 2.84 bits per heavy atom. The fraction of sp³-hybridized carbons (Fsp3) is 0.211. The maximum Gasteiger partial charge on any atom is 0.236 e. The van der Waals surface area contributed by atoms with E-state index in [0.29, 0.717) is 5.82 Å². The van der Waals surface area contributed by atoms with E-state index in [9.17, 15) is 4.79 Å². The fourth-order valence-corrected chi connectivity index (χ4v) is 3.25. The van der Waals surface area contributed by atoms with Crippen LogP contribution in [0.3, 0.4) is 0 Å². The van der Waals surface area contributed by atoms with Gasteiger partial charge in [0.05, 0.1) is 11.4 Å². The second kappa shape index (κ2) is 7.53. The summed E-state index contributed by atoms with van der Waals surface area (Å²) in [5.41, 5.74) is 4.31. The van der Waals surface area contributed by atoms with Crippen LogP contribution in [0.15, 0.2) is 53.9 Å². The molecule has 2 heterocycles. The molecule has 0 bridgehead atoms. The molecular weight excluding hydrogens is 332 g/mol. The Morgan fingerprint density at radius 1 is 1.20 bits per heavy atom. The van der Waals surface area contributed by atoms with Crippen molar-refractivity contribution in [3.63, 3.8) is 0 Å². The third-order valence-electron chi connectivity index (χ3n) is 3.72. The molecule has 1 aromatic carbocycles. The summed E-state index contributed by atoms with van der Waals surface area (Å²) in [4.78, 5) is 20.8. The van der Waals surface area contributed by atoms with E-state index < -0.39 is 0 Å². The van der Waals surface area contributed by atoms with Gasteiger partial charge in [0, 0.05) is 18.1 Å². The highest BCUT2D eigenvalue weighted by Gasteiger charge is 2.11. The zero-order valence-electron chi connectivity index (χ0n) is 14.5. The van der Waals surface area contributed by atoms with Gasteiger partial charge >= 0.3 is 0 Å². The van der Waals surface area contributed by atoms with Crippen molar-refractivity contribution in [3.05, 3.63) is 65.6 Å². The number of nitrogens with one attached hydrogen (secondary N) is 1. The standard InChI is InChI=1S/C19H20N4OS/c1-13-7-8-14(2)16(11-13)23-10-9-20-19(23)25-12-18(24)22-17-6-4-5-15(3)21-17/h4-11H,12H2,1-3H3,(H,21,22,24). The second-order valence-corrected chi connectivity index (χ2v) is 6.81. The van der Waals surface area contributed by atoms with Crippen LogP contribution in [-0.4, -0.2) is 26.2 Å². The maximum atomic E-state index is 12.2. The van der Waals surface area contributed by atoms with Gasteiger partial charge in [-0.25, -0.2) is 9.97 Å². The number of amides is 1. The van der Waals surface area contributed by atoms with Gasteiger partial charge in [0.15, 0.2) is 5.16 Å². The molecule has 3 aromatic rings. The first-order valence-electron chi connectivity index (χ1n) is 8.00. The number of pyridine rings is 1. The predicted molar refractivity (Wildman–Crippen MR) is 101 cm³/mol. The molecule has 25 heavy (non-hydrogen) atoms. The van der Waals surface area contributed by atoms with Gasteiger partial charge in [0.2, 0.25) is 5.91 Å². The molecule has 0 radical (unpaired) electrons. The summed E-state index contributed by atoms with van der Waals surface area (Å²) in [7, 11) is 0. The Bertz CT molecular complexity index is 904. The molecule has 5 nitrogen and oxygen atoms in total. The van der Waals surface area contributed by atoms with Gasteiger partial charge in [0.1, 0.15) is 5.82 Å². The highest BCUT2D eigenvalue weighted by Crippen LogP contribution is 2.23. The van der Waals surface area contributed by atoms with Gasteiger partial charge in [-0.2, -0.15) is 0 Å². The van der Waals surface area contributed by atoms with Crippen molar-refractivity contribution >= 4 is 23.5 Å². The Balaban J connectivity index is 1.69. The number of nitrogens with zero attached hydrogens (tertiary/aromatic N) is 3. The van der Waals surface area contributed by atoms with Crippen LogP contribution in [0.5, 0.6) is 0 Å². The van der Waals surface area contributed by atoms with E-state index in [1.807, 2.05) is 29.8 Å². The van der Waals surface area contributed by atoms with Gasteiger partial charge < -0.3 is 5.32 Å². The number of aryl methyl sites for hydroxylation is 3. The predicted octanol–water partition coefficient (Wildman–Crippen LogP) is 3.92. The first-order chi connectivity index (χ1) is 12.0. The highest BCUT2D eigenvalue weighted by atomic mass is 32.2. The minimum absolute atomic E-state index is 0.0985. The number of carbonyl (C=O) groups excluding carboxylic acids is 1. The van der Waals surface area contributed by atoms with Crippen LogP contribution in [-0.2, 0) is 4.79 Å². The molecule has 0 saturated carbocycles. The molecular formula is C19H20N4OS. The number of thioether (sulfide) groups is 1. The smallest absolute Gasteiger partial charge is 0.236 e. The molecule has 1 amide bonds. The molecule has 3 rings (SSSR count). The van der Waals surface area contributed by atoms with Crippen molar-refractivity contribution in [3.8, 4) is 5.69 Å². The van der Waals surface area contributed by atoms with Gasteiger partial charge in [-0.15, -0.1) is 0 Å². The lowest BCUT2D eigenvalue weighted by molar-refractivity contribution is -0.113. The number of carbonyl (C=O) groups is 1. The van der Waals surface area contributed by atoms with Gasteiger partial charge in [0.25, 0.3) is 0 Å². The molecule has 2 aromatic heterocycles. The Labute approximate surface area is 151 Å². The summed E-state index contributed by atoms with van der Waals surface area (Å²) in [5.74, 6) is 0.749. The topological polar surface area (TPSA) is 59.8 Å². The van der Waals surface area contributed by atoms with Crippen molar-refractivity contribution in [2.24, 2.45) is 0 Å². The third kappa shape index (κ3) is 4.28. The second-order valence-electron chi connectivity index (χ2n) is 5.87. The van der Waals surface area contributed by atoms with Crippen molar-refractivity contribution < 1.29 is 4.79 Å². The van der Waals surface area contributed by atoms with Gasteiger partial charge in [-0.05, 0) is 50.1 Å². The van der Waals surface area contributed by atoms with Crippen molar-refractivity contribution in [1.29, 1.82) is 0 Å². The summed E-state index contributed by atoms with van der Waals surface area (Å²) in [5, 5.41) is 3.61. The maximum absolute atomic E-state index is 12.2. The monoisotopic (exact) mass is 352 g/mol. The van der Waals surface area contributed by atoms with E-state index in [-0.39, 0.29) is 11.7 Å². The Morgan fingerprint density at radius 2 is 2.04 bits per heavy atom. The molecule has 0 aliphatic carbocycles. The van der Waals surface area contributed by atoms with Crippen LogP contribution in [0.25, 0.3) is 5.69 Å². The van der Waals surface area contributed by atoms with Crippen LogP contribution in [0.1, 0.15) is 16.8 Å². The number of hydrogen-bond donors (Lipinski definition) is 1. The summed E-state index contributed by atoms with van der Waals surface area (Å²) < 4.78 is 2.02. The van der Waals surface area contributed by atoms with Crippen LogP contribution < -0.4 is 5.32 Å². The first kappa shape index (κ1) is 17.2. The lowest BCUT2D eigenvalue weighted by atomic mass is 10.1. The summed E-state index contributed by atoms with van der Waals surface area (Å²) in [6, 6.07) is 11.9. The molecule has 0 atom stereocenters. The van der Waals surface area contributed by atoms with Crippen LogP contribution >= 0.6 is 11.8 Å². The minimum atomic E-state index is -0.0985. The van der Waals surface area contributed by atoms with Crippen molar-refractivity contribution in [1.82, 2.24) is 14.5 Å². The number of rotatable bonds is 5. The normalized spacial score (nSPS) is 10.7. The average molecular weight is 352 g/mol. The lowest BCUT2D eigenvalue weighted by Crippen LogP contribution is -2.15. The molecule has 1 N–H and O–H groups in total. The van der Waals surface area contributed by atoms with Gasteiger partial charge in [-0.3, -0.25) is 9.36 Å². The SMILES string of the molecule is Cc1ccc(C)c(-n2ccnc2SCC(=O)Nc2cccc(C)n2)c1. The van der Waals surface area contributed by atoms with E-state index in [1.54, 1.807) is 12.3 Å². The molecule has 0 saturated heterocycles. The molecule has 0 aliphatic heterocycles. The Hall–Kier alpha value is -2.60.